The Bertz CT molecular complexity index is 657. The van der Waals surface area contributed by atoms with Gasteiger partial charge in [0.1, 0.15) is 11.5 Å². The maximum absolute atomic E-state index is 8.74. The third-order valence-corrected chi connectivity index (χ3v) is 2.08. The lowest BCUT2D eigenvalue weighted by Crippen LogP contribution is -2.11. The van der Waals surface area contributed by atoms with Crippen LogP contribution in [-0.4, -0.2) is 25.2 Å². The third kappa shape index (κ3) is 8.69. The zero-order valence-electron chi connectivity index (χ0n) is 11.3. The van der Waals surface area contributed by atoms with Gasteiger partial charge in [-0.25, -0.2) is 0 Å². The summed E-state index contributed by atoms with van der Waals surface area (Å²) in [6.07, 6.45) is 0. The van der Waals surface area contributed by atoms with Gasteiger partial charge in [-0.15, -0.1) is 0 Å². The van der Waals surface area contributed by atoms with Crippen molar-refractivity contribution < 1.29 is 26.8 Å². The van der Waals surface area contributed by atoms with Crippen LogP contribution < -0.4 is 20.8 Å². The molecule has 0 atom stereocenters. The second kappa shape index (κ2) is 8.12. The quantitative estimate of drug-likeness (QED) is 0.372. The SMILES string of the molecule is Nc1cccc(O[B]Oc2cccc(N)c2)c1.O=S(=O)(O)O. The van der Waals surface area contributed by atoms with Gasteiger partial charge in [-0.2, -0.15) is 8.42 Å². The van der Waals surface area contributed by atoms with E-state index in [1.54, 1.807) is 48.5 Å². The Morgan fingerprint density at radius 1 is 0.864 bits per heavy atom. The van der Waals surface area contributed by atoms with Gasteiger partial charge < -0.3 is 20.8 Å². The highest BCUT2D eigenvalue weighted by Gasteiger charge is 2.01. The summed E-state index contributed by atoms with van der Waals surface area (Å²) < 4.78 is 42.1. The van der Waals surface area contributed by atoms with Crippen molar-refractivity contribution in [3.05, 3.63) is 48.5 Å². The smallest absolute Gasteiger partial charge is 0.526 e. The topological polar surface area (TPSA) is 145 Å². The average molecular weight is 325 g/mol. The Morgan fingerprint density at radius 2 is 1.23 bits per heavy atom. The van der Waals surface area contributed by atoms with Crippen molar-refractivity contribution in [3.63, 3.8) is 0 Å². The summed E-state index contributed by atoms with van der Waals surface area (Å²) in [7, 11) is -3.43. The van der Waals surface area contributed by atoms with Crippen molar-refractivity contribution in [2.24, 2.45) is 0 Å². The van der Waals surface area contributed by atoms with Gasteiger partial charge >= 0.3 is 18.1 Å². The molecule has 0 unspecified atom stereocenters. The number of rotatable bonds is 4. The monoisotopic (exact) mass is 325 g/mol. The maximum atomic E-state index is 8.74. The van der Waals surface area contributed by atoms with Crippen LogP contribution in [-0.2, 0) is 10.4 Å². The van der Waals surface area contributed by atoms with E-state index in [0.29, 0.717) is 22.9 Å². The Morgan fingerprint density at radius 3 is 1.55 bits per heavy atom. The van der Waals surface area contributed by atoms with Gasteiger partial charge in [-0.3, -0.25) is 9.11 Å². The molecule has 0 aliphatic heterocycles. The number of hydrogen-bond acceptors (Lipinski definition) is 6. The van der Waals surface area contributed by atoms with Crippen molar-refractivity contribution >= 4 is 29.5 Å². The first-order valence-electron chi connectivity index (χ1n) is 5.80. The van der Waals surface area contributed by atoms with E-state index in [-0.39, 0.29) is 0 Å². The molecule has 8 nitrogen and oxygen atoms in total. The molecular formula is C12H14BN2O6S. The number of nitrogens with two attached hydrogens (primary N) is 2. The predicted molar refractivity (Wildman–Crippen MR) is 82.9 cm³/mol. The highest BCUT2D eigenvalue weighted by atomic mass is 32.3. The minimum atomic E-state index is -4.67. The minimum Gasteiger partial charge on any atom is -0.526 e. The molecule has 2 aromatic carbocycles. The zero-order valence-corrected chi connectivity index (χ0v) is 12.1. The highest BCUT2D eigenvalue weighted by molar-refractivity contribution is 7.79. The molecule has 0 aliphatic carbocycles. The van der Waals surface area contributed by atoms with Crippen LogP contribution in [0.1, 0.15) is 0 Å². The van der Waals surface area contributed by atoms with Crippen LogP contribution in [0, 0.1) is 0 Å². The summed E-state index contributed by atoms with van der Waals surface area (Å²) in [6.45, 7) is 0. The molecule has 22 heavy (non-hydrogen) atoms. The zero-order chi connectivity index (χ0) is 16.6. The van der Waals surface area contributed by atoms with Gasteiger partial charge in [0.2, 0.25) is 0 Å². The molecule has 0 saturated heterocycles. The van der Waals surface area contributed by atoms with Crippen LogP contribution in [0.2, 0.25) is 0 Å². The first-order chi connectivity index (χ1) is 10.2. The molecule has 10 heteroatoms. The maximum Gasteiger partial charge on any atom is 0.658 e. The average Bonchev–Trinajstić information content (AvgIpc) is 2.37. The standard InChI is InChI=1S/C12H12BN2O2.H2O4S/c14-9-3-1-5-11(7-9)16-13-17-12-6-2-4-10(15)8-12;1-5(2,3)4/h1-8H,14-15H2;(H2,1,2,3,4). The summed E-state index contributed by atoms with van der Waals surface area (Å²) in [5, 5.41) is 0. The fourth-order valence-electron chi connectivity index (χ4n) is 1.31. The van der Waals surface area contributed by atoms with E-state index >= 15 is 0 Å². The number of hydrogen-bond donors (Lipinski definition) is 4. The summed E-state index contributed by atoms with van der Waals surface area (Å²) in [4.78, 5) is 0. The van der Waals surface area contributed by atoms with Crippen LogP contribution in [0.5, 0.6) is 11.5 Å². The van der Waals surface area contributed by atoms with Gasteiger partial charge in [0.05, 0.1) is 0 Å². The van der Waals surface area contributed by atoms with Gasteiger partial charge in [-0.1, -0.05) is 12.1 Å². The van der Waals surface area contributed by atoms with Crippen molar-refractivity contribution in [3.8, 4) is 11.5 Å². The lowest BCUT2D eigenvalue weighted by atomic mass is 10.2. The molecule has 6 N–H and O–H groups in total. The molecule has 0 spiro atoms. The second-order valence-electron chi connectivity index (χ2n) is 3.92. The number of anilines is 2. The summed E-state index contributed by atoms with van der Waals surface area (Å²) >= 11 is 0. The van der Waals surface area contributed by atoms with Crippen molar-refractivity contribution in [2.45, 2.75) is 0 Å². The van der Waals surface area contributed by atoms with Crippen LogP contribution in [0.3, 0.4) is 0 Å². The largest absolute Gasteiger partial charge is 0.658 e. The molecule has 0 heterocycles. The van der Waals surface area contributed by atoms with Crippen LogP contribution >= 0.6 is 0 Å². The Labute approximate surface area is 128 Å². The van der Waals surface area contributed by atoms with Gasteiger partial charge in [0.15, 0.2) is 0 Å². The molecule has 0 saturated carbocycles. The minimum absolute atomic E-state index is 0.619. The third-order valence-electron chi connectivity index (χ3n) is 2.08. The predicted octanol–water partition coefficient (Wildman–Crippen LogP) is 1.19. The molecule has 0 bridgehead atoms. The van der Waals surface area contributed by atoms with Gasteiger partial charge in [0.25, 0.3) is 0 Å². The summed E-state index contributed by atoms with van der Waals surface area (Å²) in [5.41, 5.74) is 12.5. The molecule has 2 rings (SSSR count). The summed E-state index contributed by atoms with van der Waals surface area (Å²) in [5.74, 6) is 1.24. The normalized spacial score (nSPS) is 10.1. The first kappa shape index (κ1) is 17.6. The van der Waals surface area contributed by atoms with Crippen molar-refractivity contribution in [1.82, 2.24) is 0 Å². The van der Waals surface area contributed by atoms with E-state index in [9.17, 15) is 0 Å². The number of nitrogen functional groups attached to an aromatic ring is 2. The Balaban J connectivity index is 0.000000422. The molecule has 2 aromatic rings. The number of benzene rings is 2. The van der Waals surface area contributed by atoms with Crippen molar-refractivity contribution in [1.29, 1.82) is 0 Å². The summed E-state index contributed by atoms with van der Waals surface area (Å²) in [6, 6.07) is 14.2. The first-order valence-corrected chi connectivity index (χ1v) is 7.20. The van der Waals surface area contributed by atoms with Gasteiger partial charge in [-0.05, 0) is 24.3 Å². The Hall–Kier alpha value is -2.43. The molecule has 0 aliphatic rings. The lowest BCUT2D eigenvalue weighted by molar-refractivity contribution is 0.381. The highest BCUT2D eigenvalue weighted by Crippen LogP contribution is 2.16. The fraction of sp³-hybridized carbons (Fsp3) is 0. The second-order valence-corrected chi connectivity index (χ2v) is 4.82. The van der Waals surface area contributed by atoms with E-state index in [2.05, 4.69) is 0 Å². The lowest BCUT2D eigenvalue weighted by Gasteiger charge is -2.07. The van der Waals surface area contributed by atoms with E-state index in [4.69, 9.17) is 38.3 Å². The molecular weight excluding hydrogens is 311 g/mol. The molecule has 0 aromatic heterocycles. The van der Waals surface area contributed by atoms with E-state index in [0.717, 1.165) is 0 Å². The molecule has 0 fully saturated rings. The van der Waals surface area contributed by atoms with E-state index < -0.39 is 10.4 Å². The van der Waals surface area contributed by atoms with Crippen LogP contribution in [0.4, 0.5) is 11.4 Å². The van der Waals surface area contributed by atoms with Crippen LogP contribution in [0.25, 0.3) is 0 Å². The van der Waals surface area contributed by atoms with Crippen molar-refractivity contribution in [2.75, 3.05) is 11.5 Å². The fourth-order valence-corrected chi connectivity index (χ4v) is 1.31. The molecule has 1 radical (unpaired) electrons. The van der Waals surface area contributed by atoms with E-state index in [1.165, 1.54) is 7.69 Å². The molecule has 117 valence electrons. The van der Waals surface area contributed by atoms with Gasteiger partial charge in [0, 0.05) is 23.5 Å². The molecule has 0 amide bonds. The van der Waals surface area contributed by atoms with Crippen LogP contribution in [0.15, 0.2) is 48.5 Å². The van der Waals surface area contributed by atoms with E-state index in [1.807, 2.05) is 0 Å². The Kier molecular flexibility index (Phi) is 6.51.